The van der Waals surface area contributed by atoms with Gasteiger partial charge in [0.15, 0.2) is 0 Å². The molecule has 15 heavy (non-hydrogen) atoms. The number of hydrogen-bond acceptors (Lipinski definition) is 1. The predicted molar refractivity (Wildman–Crippen MR) is 65.2 cm³/mol. The largest absolute Gasteiger partial charge is 0.299 e. The molecule has 1 aromatic carbocycles. The van der Waals surface area contributed by atoms with E-state index < -0.39 is 0 Å². The first kappa shape index (κ1) is 10.7. The molecule has 0 radical (unpaired) electrons. The maximum Gasteiger partial charge on any atom is 0.0353 e. The van der Waals surface area contributed by atoms with E-state index in [0.717, 1.165) is 6.04 Å². The lowest BCUT2D eigenvalue weighted by Gasteiger charge is -2.31. The average molecular weight is 203 g/mol. The van der Waals surface area contributed by atoms with Crippen molar-refractivity contribution in [2.45, 2.75) is 39.2 Å². The lowest BCUT2D eigenvalue weighted by molar-refractivity contribution is 0.232. The van der Waals surface area contributed by atoms with Gasteiger partial charge in [-0.3, -0.25) is 4.90 Å². The minimum absolute atomic E-state index is 0.736. The summed E-state index contributed by atoms with van der Waals surface area (Å²) >= 11 is 0. The van der Waals surface area contributed by atoms with E-state index in [1.807, 2.05) is 13.8 Å². The molecule has 1 heterocycles. The van der Waals surface area contributed by atoms with Gasteiger partial charge in [-0.2, -0.15) is 0 Å². The summed E-state index contributed by atoms with van der Waals surface area (Å²) in [6, 6.07) is 7.57. The van der Waals surface area contributed by atoms with Crippen LogP contribution >= 0.6 is 0 Å². The van der Waals surface area contributed by atoms with E-state index in [1.165, 1.54) is 25.8 Å². The van der Waals surface area contributed by atoms with Crippen molar-refractivity contribution in [1.29, 1.82) is 0 Å². The van der Waals surface area contributed by atoms with Gasteiger partial charge >= 0.3 is 0 Å². The van der Waals surface area contributed by atoms with E-state index in [-0.39, 0.29) is 0 Å². The third-order valence-corrected chi connectivity index (χ3v) is 3.57. The lowest BCUT2D eigenvalue weighted by atomic mass is 9.94. The monoisotopic (exact) mass is 203 g/mol. The average Bonchev–Trinajstić information content (AvgIpc) is 2.73. The SMILES string of the molecule is CC.CN1CCc2cccc3c2C1CC3. The maximum atomic E-state index is 2.51. The van der Waals surface area contributed by atoms with E-state index in [0.29, 0.717) is 0 Å². The first-order chi connectivity index (χ1) is 7.36. The summed E-state index contributed by atoms with van der Waals surface area (Å²) < 4.78 is 0. The van der Waals surface area contributed by atoms with E-state index in [1.54, 1.807) is 16.7 Å². The summed E-state index contributed by atoms with van der Waals surface area (Å²) in [5.41, 5.74) is 4.88. The second-order valence-corrected chi connectivity index (χ2v) is 4.28. The Morgan fingerprint density at radius 2 is 1.80 bits per heavy atom. The van der Waals surface area contributed by atoms with Gasteiger partial charge in [0.1, 0.15) is 0 Å². The molecule has 82 valence electrons. The molecule has 1 atom stereocenters. The molecule has 1 aromatic rings. The van der Waals surface area contributed by atoms with Crippen molar-refractivity contribution in [3.8, 4) is 0 Å². The van der Waals surface area contributed by atoms with Crippen LogP contribution in [0.2, 0.25) is 0 Å². The van der Waals surface area contributed by atoms with Gasteiger partial charge in [0.2, 0.25) is 0 Å². The van der Waals surface area contributed by atoms with E-state index >= 15 is 0 Å². The van der Waals surface area contributed by atoms with Crippen LogP contribution in [0.1, 0.15) is 43.0 Å². The van der Waals surface area contributed by atoms with Crippen molar-refractivity contribution in [1.82, 2.24) is 4.90 Å². The van der Waals surface area contributed by atoms with Gasteiger partial charge in [0.25, 0.3) is 0 Å². The van der Waals surface area contributed by atoms with Crippen molar-refractivity contribution < 1.29 is 0 Å². The van der Waals surface area contributed by atoms with Crippen LogP contribution in [0.25, 0.3) is 0 Å². The maximum absolute atomic E-state index is 2.51. The van der Waals surface area contributed by atoms with Gasteiger partial charge in [-0.25, -0.2) is 0 Å². The molecule has 1 aliphatic heterocycles. The second-order valence-electron chi connectivity index (χ2n) is 4.28. The van der Waals surface area contributed by atoms with E-state index in [4.69, 9.17) is 0 Å². The summed E-state index contributed by atoms with van der Waals surface area (Å²) in [6.07, 6.45) is 3.87. The molecule has 1 unspecified atom stereocenters. The Bertz CT molecular complexity index is 343. The molecule has 0 fully saturated rings. The highest BCUT2D eigenvalue weighted by atomic mass is 15.1. The van der Waals surface area contributed by atoms with Gasteiger partial charge in [0, 0.05) is 12.6 Å². The Morgan fingerprint density at radius 3 is 2.53 bits per heavy atom. The van der Waals surface area contributed by atoms with Crippen LogP contribution in [0.3, 0.4) is 0 Å². The Kier molecular flexibility index (Phi) is 3.11. The molecule has 3 rings (SSSR count). The van der Waals surface area contributed by atoms with Gasteiger partial charge in [0.05, 0.1) is 0 Å². The number of hydrogen-bond donors (Lipinski definition) is 0. The number of aryl methyl sites for hydroxylation is 1. The molecule has 1 heteroatoms. The zero-order chi connectivity index (χ0) is 10.8. The molecule has 2 aliphatic rings. The molecular weight excluding hydrogens is 182 g/mol. The van der Waals surface area contributed by atoms with Crippen LogP contribution in [0, 0.1) is 0 Å². The Hall–Kier alpha value is -0.820. The molecule has 0 saturated carbocycles. The minimum atomic E-state index is 0.736. The predicted octanol–water partition coefficient (Wildman–Crippen LogP) is 3.19. The summed E-state index contributed by atoms with van der Waals surface area (Å²) in [5, 5.41) is 0. The molecule has 0 amide bonds. The molecule has 0 spiro atoms. The van der Waals surface area contributed by atoms with Crippen LogP contribution in [0.5, 0.6) is 0 Å². The van der Waals surface area contributed by atoms with Crippen molar-refractivity contribution in [2.75, 3.05) is 13.6 Å². The third kappa shape index (κ3) is 1.69. The first-order valence-electron chi connectivity index (χ1n) is 6.17. The van der Waals surface area contributed by atoms with Crippen LogP contribution in [0.15, 0.2) is 18.2 Å². The van der Waals surface area contributed by atoms with Crippen LogP contribution in [0.4, 0.5) is 0 Å². The Balaban J connectivity index is 0.000000404. The molecule has 0 bridgehead atoms. The standard InChI is InChI=1S/C12H15N.C2H6/c1-13-8-7-10-4-2-3-9-5-6-11(13)12(9)10;1-2/h2-4,11H,5-8H2,1H3;1-2H3. The molecule has 1 nitrogen and oxygen atoms in total. The minimum Gasteiger partial charge on any atom is -0.299 e. The molecule has 0 aromatic heterocycles. The highest BCUT2D eigenvalue weighted by Gasteiger charge is 2.30. The zero-order valence-electron chi connectivity index (χ0n) is 10.1. The van der Waals surface area contributed by atoms with Gasteiger partial charge in [-0.15, -0.1) is 0 Å². The first-order valence-corrected chi connectivity index (χ1v) is 6.17. The highest BCUT2D eigenvalue weighted by Crippen LogP contribution is 2.40. The van der Waals surface area contributed by atoms with Crippen molar-refractivity contribution in [2.24, 2.45) is 0 Å². The fourth-order valence-electron chi connectivity index (χ4n) is 2.86. The summed E-state index contributed by atoms with van der Waals surface area (Å²) in [7, 11) is 2.26. The number of rotatable bonds is 0. The molecular formula is C14H21N. The molecule has 1 aliphatic carbocycles. The van der Waals surface area contributed by atoms with Gasteiger partial charge in [-0.05, 0) is 43.0 Å². The second kappa shape index (κ2) is 4.36. The lowest BCUT2D eigenvalue weighted by Crippen LogP contribution is -2.30. The number of benzene rings is 1. The zero-order valence-corrected chi connectivity index (χ0v) is 10.1. The normalized spacial score (nSPS) is 23.0. The van der Waals surface area contributed by atoms with Crippen molar-refractivity contribution >= 4 is 0 Å². The van der Waals surface area contributed by atoms with Gasteiger partial charge in [-0.1, -0.05) is 32.0 Å². The van der Waals surface area contributed by atoms with Gasteiger partial charge < -0.3 is 0 Å². The smallest absolute Gasteiger partial charge is 0.0353 e. The topological polar surface area (TPSA) is 3.24 Å². The van der Waals surface area contributed by atoms with E-state index in [9.17, 15) is 0 Å². The number of likely N-dealkylation sites (N-methyl/N-ethyl adjacent to an activating group) is 1. The summed E-state index contributed by atoms with van der Waals surface area (Å²) in [6.45, 7) is 5.24. The van der Waals surface area contributed by atoms with Crippen LogP contribution in [-0.4, -0.2) is 18.5 Å². The third-order valence-electron chi connectivity index (χ3n) is 3.57. The summed E-state index contributed by atoms with van der Waals surface area (Å²) in [5.74, 6) is 0. The van der Waals surface area contributed by atoms with E-state index in [2.05, 4.69) is 30.1 Å². The Labute approximate surface area is 93.1 Å². The fourth-order valence-corrected chi connectivity index (χ4v) is 2.86. The molecule has 0 N–H and O–H groups in total. The quantitative estimate of drug-likeness (QED) is 0.626. The highest BCUT2D eigenvalue weighted by molar-refractivity contribution is 5.42. The Morgan fingerprint density at radius 1 is 1.13 bits per heavy atom. The fraction of sp³-hybridized carbons (Fsp3) is 0.571. The molecule has 0 saturated heterocycles. The number of nitrogens with zero attached hydrogens (tertiary/aromatic N) is 1. The van der Waals surface area contributed by atoms with Crippen molar-refractivity contribution in [3.05, 3.63) is 34.9 Å². The van der Waals surface area contributed by atoms with Crippen LogP contribution < -0.4 is 0 Å². The van der Waals surface area contributed by atoms with Crippen LogP contribution in [-0.2, 0) is 12.8 Å². The van der Waals surface area contributed by atoms with Crippen molar-refractivity contribution in [3.63, 3.8) is 0 Å². The summed E-state index contributed by atoms with van der Waals surface area (Å²) in [4.78, 5) is 2.51.